The van der Waals surface area contributed by atoms with Crippen LogP contribution in [0.2, 0.25) is 0 Å². The highest BCUT2D eigenvalue weighted by Gasteiger charge is 2.16. The van der Waals surface area contributed by atoms with E-state index in [0.29, 0.717) is 5.56 Å². The molecule has 2 rings (SSSR count). The van der Waals surface area contributed by atoms with Crippen molar-refractivity contribution in [2.45, 2.75) is 26.4 Å². The Kier molecular flexibility index (Phi) is 3.96. The Morgan fingerprint density at radius 3 is 2.26 bits per heavy atom. The van der Waals surface area contributed by atoms with E-state index in [9.17, 15) is 13.9 Å². The number of hydrogen-bond donors (Lipinski definition) is 1. The second kappa shape index (κ2) is 5.49. The average molecular weight is 262 g/mol. The number of hydrogen-bond acceptors (Lipinski definition) is 1. The molecule has 1 nitrogen and oxygen atoms in total. The van der Waals surface area contributed by atoms with E-state index in [1.165, 1.54) is 12.1 Å². The number of halogens is 2. The lowest BCUT2D eigenvalue weighted by atomic mass is 9.94. The molecule has 0 bridgehead atoms. The first-order chi connectivity index (χ1) is 9.00. The molecule has 3 heteroatoms. The lowest BCUT2D eigenvalue weighted by Gasteiger charge is -2.16. The lowest BCUT2D eigenvalue weighted by molar-refractivity contribution is 0.150. The Morgan fingerprint density at radius 2 is 1.58 bits per heavy atom. The highest BCUT2D eigenvalue weighted by molar-refractivity contribution is 5.40. The van der Waals surface area contributed by atoms with Crippen molar-refractivity contribution in [3.8, 4) is 0 Å². The maximum absolute atomic E-state index is 12.7. The van der Waals surface area contributed by atoms with Crippen LogP contribution in [0.3, 0.4) is 0 Å². The maximum atomic E-state index is 12.7. The number of benzene rings is 2. The van der Waals surface area contributed by atoms with E-state index in [0.717, 1.165) is 16.7 Å². The van der Waals surface area contributed by atoms with Gasteiger partial charge in [-0.1, -0.05) is 36.4 Å². The summed E-state index contributed by atoms with van der Waals surface area (Å²) < 4.78 is 25.3. The standard InChI is InChI=1S/C16H16F2O/c1-10-5-3-8-14(11(10)2)15(19)12-6-4-7-13(9-12)16(17)18/h3-9,15-16,19H,1-2H3. The van der Waals surface area contributed by atoms with E-state index in [1.807, 2.05) is 32.0 Å². The van der Waals surface area contributed by atoms with Crippen molar-refractivity contribution >= 4 is 0 Å². The van der Waals surface area contributed by atoms with Crippen molar-refractivity contribution in [1.29, 1.82) is 0 Å². The number of alkyl halides is 2. The first-order valence-corrected chi connectivity index (χ1v) is 6.13. The van der Waals surface area contributed by atoms with Crippen LogP contribution in [-0.4, -0.2) is 5.11 Å². The van der Waals surface area contributed by atoms with Crippen LogP contribution in [0.5, 0.6) is 0 Å². The van der Waals surface area contributed by atoms with Gasteiger partial charge in [-0.05, 0) is 42.2 Å². The summed E-state index contributed by atoms with van der Waals surface area (Å²) in [5.41, 5.74) is 3.23. The normalized spacial score (nSPS) is 12.7. The molecule has 0 fully saturated rings. The quantitative estimate of drug-likeness (QED) is 0.873. The summed E-state index contributed by atoms with van der Waals surface area (Å²) in [4.78, 5) is 0. The van der Waals surface area contributed by atoms with Crippen LogP contribution in [0.15, 0.2) is 42.5 Å². The molecule has 0 aliphatic rings. The number of aryl methyl sites for hydroxylation is 1. The van der Waals surface area contributed by atoms with E-state index in [2.05, 4.69) is 0 Å². The molecule has 0 aromatic heterocycles. The fourth-order valence-electron chi connectivity index (χ4n) is 2.11. The Balaban J connectivity index is 2.41. The van der Waals surface area contributed by atoms with E-state index < -0.39 is 12.5 Å². The van der Waals surface area contributed by atoms with Crippen molar-refractivity contribution in [2.75, 3.05) is 0 Å². The van der Waals surface area contributed by atoms with Crippen LogP contribution in [-0.2, 0) is 0 Å². The molecule has 0 heterocycles. The van der Waals surface area contributed by atoms with Crippen LogP contribution in [0.4, 0.5) is 8.78 Å². The minimum atomic E-state index is -2.52. The molecule has 1 atom stereocenters. The second-order valence-corrected chi connectivity index (χ2v) is 4.66. The summed E-state index contributed by atoms with van der Waals surface area (Å²) in [6.07, 6.45) is -3.40. The van der Waals surface area contributed by atoms with Crippen molar-refractivity contribution in [3.63, 3.8) is 0 Å². The Labute approximate surface area is 111 Å². The molecule has 2 aromatic carbocycles. The van der Waals surface area contributed by atoms with E-state index in [-0.39, 0.29) is 5.56 Å². The van der Waals surface area contributed by atoms with Crippen molar-refractivity contribution in [3.05, 3.63) is 70.3 Å². The summed E-state index contributed by atoms with van der Waals surface area (Å²) in [6, 6.07) is 11.6. The third-order valence-electron chi connectivity index (χ3n) is 3.42. The zero-order valence-corrected chi connectivity index (χ0v) is 10.9. The molecule has 1 unspecified atom stereocenters. The molecule has 0 saturated heterocycles. The fourth-order valence-corrected chi connectivity index (χ4v) is 2.11. The van der Waals surface area contributed by atoms with Crippen LogP contribution >= 0.6 is 0 Å². The Morgan fingerprint density at radius 1 is 0.947 bits per heavy atom. The molecular weight excluding hydrogens is 246 g/mol. The smallest absolute Gasteiger partial charge is 0.263 e. The van der Waals surface area contributed by atoms with Gasteiger partial charge in [0.2, 0.25) is 0 Å². The minimum absolute atomic E-state index is 0.0677. The van der Waals surface area contributed by atoms with Crippen LogP contribution < -0.4 is 0 Å². The number of rotatable bonds is 3. The molecule has 0 radical (unpaired) electrons. The first-order valence-electron chi connectivity index (χ1n) is 6.13. The predicted molar refractivity (Wildman–Crippen MR) is 71.4 cm³/mol. The Hall–Kier alpha value is -1.74. The molecular formula is C16H16F2O. The predicted octanol–water partition coefficient (Wildman–Crippen LogP) is 4.32. The van der Waals surface area contributed by atoms with Crippen LogP contribution in [0.25, 0.3) is 0 Å². The third kappa shape index (κ3) is 2.82. The van der Waals surface area contributed by atoms with Gasteiger partial charge in [0.25, 0.3) is 6.43 Å². The maximum Gasteiger partial charge on any atom is 0.263 e. The molecule has 100 valence electrons. The van der Waals surface area contributed by atoms with Gasteiger partial charge in [-0.15, -0.1) is 0 Å². The van der Waals surface area contributed by atoms with Crippen molar-refractivity contribution in [2.24, 2.45) is 0 Å². The molecule has 2 aromatic rings. The summed E-state index contributed by atoms with van der Waals surface area (Å²) in [7, 11) is 0. The molecule has 19 heavy (non-hydrogen) atoms. The lowest BCUT2D eigenvalue weighted by Crippen LogP contribution is -2.03. The van der Waals surface area contributed by atoms with Crippen LogP contribution in [0.1, 0.15) is 40.3 Å². The van der Waals surface area contributed by atoms with Gasteiger partial charge in [0.15, 0.2) is 0 Å². The van der Waals surface area contributed by atoms with E-state index in [1.54, 1.807) is 12.1 Å². The molecule has 0 saturated carbocycles. The van der Waals surface area contributed by atoms with Gasteiger partial charge in [-0.2, -0.15) is 0 Å². The second-order valence-electron chi connectivity index (χ2n) is 4.66. The average Bonchev–Trinajstić information content (AvgIpc) is 2.41. The van der Waals surface area contributed by atoms with Crippen molar-refractivity contribution in [1.82, 2.24) is 0 Å². The summed E-state index contributed by atoms with van der Waals surface area (Å²) in [5.74, 6) is 0. The van der Waals surface area contributed by atoms with Gasteiger partial charge in [0.05, 0.1) is 0 Å². The molecule has 0 spiro atoms. The van der Waals surface area contributed by atoms with Gasteiger partial charge < -0.3 is 5.11 Å². The molecule has 0 aliphatic heterocycles. The molecule has 1 N–H and O–H groups in total. The van der Waals surface area contributed by atoms with Gasteiger partial charge in [0, 0.05) is 5.56 Å². The summed E-state index contributed by atoms with van der Waals surface area (Å²) in [6.45, 7) is 3.88. The zero-order valence-electron chi connectivity index (χ0n) is 10.9. The molecule has 0 amide bonds. The zero-order chi connectivity index (χ0) is 14.0. The van der Waals surface area contributed by atoms with Crippen molar-refractivity contribution < 1.29 is 13.9 Å². The topological polar surface area (TPSA) is 20.2 Å². The van der Waals surface area contributed by atoms with E-state index >= 15 is 0 Å². The number of aliphatic hydroxyl groups excluding tert-OH is 1. The molecule has 0 aliphatic carbocycles. The van der Waals surface area contributed by atoms with Gasteiger partial charge >= 0.3 is 0 Å². The van der Waals surface area contributed by atoms with Gasteiger partial charge in [-0.25, -0.2) is 8.78 Å². The fraction of sp³-hybridized carbons (Fsp3) is 0.250. The van der Waals surface area contributed by atoms with Crippen LogP contribution in [0, 0.1) is 13.8 Å². The Bertz CT molecular complexity index is 579. The largest absolute Gasteiger partial charge is 0.384 e. The summed E-state index contributed by atoms with van der Waals surface area (Å²) >= 11 is 0. The van der Waals surface area contributed by atoms with Gasteiger partial charge in [-0.3, -0.25) is 0 Å². The third-order valence-corrected chi connectivity index (χ3v) is 3.42. The highest BCUT2D eigenvalue weighted by atomic mass is 19.3. The minimum Gasteiger partial charge on any atom is -0.384 e. The number of aliphatic hydroxyl groups is 1. The first kappa shape index (κ1) is 13.7. The SMILES string of the molecule is Cc1cccc(C(O)c2cccc(C(F)F)c2)c1C. The monoisotopic (exact) mass is 262 g/mol. The highest BCUT2D eigenvalue weighted by Crippen LogP contribution is 2.29. The van der Waals surface area contributed by atoms with Gasteiger partial charge in [0.1, 0.15) is 6.10 Å². The van der Waals surface area contributed by atoms with E-state index in [4.69, 9.17) is 0 Å². The summed E-state index contributed by atoms with van der Waals surface area (Å²) in [5, 5.41) is 10.4.